The van der Waals surface area contributed by atoms with E-state index in [-0.39, 0.29) is 0 Å². The van der Waals surface area contributed by atoms with Crippen molar-refractivity contribution in [3.63, 3.8) is 0 Å². The zero-order chi connectivity index (χ0) is 18.3. The largest absolute Gasteiger partial charge is 0.473 e. The van der Waals surface area contributed by atoms with Crippen LogP contribution in [0.5, 0.6) is 0 Å². The predicted molar refractivity (Wildman–Crippen MR) is 88.1 cm³/mol. The Balaban J connectivity index is 0.000000413. The molecule has 1 heterocycles. The van der Waals surface area contributed by atoms with Gasteiger partial charge in [-0.3, -0.25) is 4.90 Å². The minimum Gasteiger partial charge on any atom is -0.473 e. The SMILES string of the molecule is Cc1ccc(CN2CCN(S(C)(=O)=O)CC2)cc1.O=C(O)C(=O)O. The monoisotopic (exact) mass is 358 g/mol. The first kappa shape index (κ1) is 20.1. The molecule has 0 radical (unpaired) electrons. The van der Waals surface area contributed by atoms with Crippen LogP contribution in [0.2, 0.25) is 0 Å². The zero-order valence-electron chi connectivity index (χ0n) is 13.7. The lowest BCUT2D eigenvalue weighted by atomic mass is 10.1. The Labute approximate surface area is 141 Å². The van der Waals surface area contributed by atoms with Crippen molar-refractivity contribution in [2.75, 3.05) is 32.4 Å². The van der Waals surface area contributed by atoms with Crippen LogP contribution in [-0.2, 0) is 26.2 Å². The van der Waals surface area contributed by atoms with Crippen molar-refractivity contribution in [2.24, 2.45) is 0 Å². The van der Waals surface area contributed by atoms with Gasteiger partial charge in [-0.1, -0.05) is 29.8 Å². The highest BCUT2D eigenvalue weighted by Crippen LogP contribution is 2.11. The van der Waals surface area contributed by atoms with Crippen molar-refractivity contribution >= 4 is 22.0 Å². The van der Waals surface area contributed by atoms with Gasteiger partial charge in [-0.2, -0.15) is 4.31 Å². The maximum absolute atomic E-state index is 11.4. The molecule has 2 N–H and O–H groups in total. The molecule has 134 valence electrons. The van der Waals surface area contributed by atoms with Gasteiger partial charge < -0.3 is 10.2 Å². The van der Waals surface area contributed by atoms with E-state index in [9.17, 15) is 8.42 Å². The number of aryl methyl sites for hydroxylation is 1. The van der Waals surface area contributed by atoms with E-state index in [1.54, 1.807) is 4.31 Å². The zero-order valence-corrected chi connectivity index (χ0v) is 14.5. The van der Waals surface area contributed by atoms with Gasteiger partial charge in [0.1, 0.15) is 0 Å². The summed E-state index contributed by atoms with van der Waals surface area (Å²) < 4.78 is 24.3. The van der Waals surface area contributed by atoms with E-state index in [1.807, 2.05) is 0 Å². The van der Waals surface area contributed by atoms with E-state index in [1.165, 1.54) is 17.4 Å². The molecule has 0 aromatic heterocycles. The molecule has 0 aliphatic carbocycles. The molecule has 8 nitrogen and oxygen atoms in total. The molecule has 0 bridgehead atoms. The lowest BCUT2D eigenvalue weighted by molar-refractivity contribution is -0.159. The normalized spacial score (nSPS) is 16.1. The van der Waals surface area contributed by atoms with E-state index in [0.29, 0.717) is 13.1 Å². The first-order valence-corrected chi connectivity index (χ1v) is 9.13. The third-order valence-electron chi connectivity index (χ3n) is 3.51. The van der Waals surface area contributed by atoms with Crippen LogP contribution in [0.1, 0.15) is 11.1 Å². The fourth-order valence-electron chi connectivity index (χ4n) is 2.17. The van der Waals surface area contributed by atoms with Crippen molar-refractivity contribution in [1.82, 2.24) is 9.21 Å². The third-order valence-corrected chi connectivity index (χ3v) is 4.81. The van der Waals surface area contributed by atoms with E-state index >= 15 is 0 Å². The molecule has 0 saturated carbocycles. The molecule has 1 aliphatic heterocycles. The van der Waals surface area contributed by atoms with Crippen LogP contribution in [0.25, 0.3) is 0 Å². The van der Waals surface area contributed by atoms with Crippen molar-refractivity contribution in [1.29, 1.82) is 0 Å². The lowest BCUT2D eigenvalue weighted by Crippen LogP contribution is -2.47. The number of carboxylic acid groups (broad SMARTS) is 2. The Kier molecular flexibility index (Phi) is 7.33. The molecule has 1 saturated heterocycles. The Morgan fingerprint density at radius 2 is 1.46 bits per heavy atom. The quantitative estimate of drug-likeness (QED) is 0.743. The van der Waals surface area contributed by atoms with Gasteiger partial charge in [0.25, 0.3) is 0 Å². The topological polar surface area (TPSA) is 115 Å². The molecule has 2 rings (SSSR count). The van der Waals surface area contributed by atoms with Crippen molar-refractivity contribution in [2.45, 2.75) is 13.5 Å². The van der Waals surface area contributed by atoms with Gasteiger partial charge >= 0.3 is 11.9 Å². The lowest BCUT2D eigenvalue weighted by Gasteiger charge is -2.33. The molecule has 0 amide bonds. The molecular weight excluding hydrogens is 336 g/mol. The second-order valence-electron chi connectivity index (χ2n) is 5.53. The van der Waals surface area contributed by atoms with E-state index in [0.717, 1.165) is 19.6 Å². The summed E-state index contributed by atoms with van der Waals surface area (Å²) in [5, 5.41) is 14.8. The molecule has 0 atom stereocenters. The average Bonchev–Trinajstić information content (AvgIpc) is 2.50. The van der Waals surface area contributed by atoms with E-state index in [4.69, 9.17) is 19.8 Å². The number of benzene rings is 1. The maximum atomic E-state index is 11.4. The summed E-state index contributed by atoms with van der Waals surface area (Å²) in [5.74, 6) is -3.65. The fraction of sp³-hybridized carbons (Fsp3) is 0.467. The van der Waals surface area contributed by atoms with Gasteiger partial charge in [-0.25, -0.2) is 18.0 Å². The summed E-state index contributed by atoms with van der Waals surface area (Å²) in [6.45, 7) is 5.80. The highest BCUT2D eigenvalue weighted by Gasteiger charge is 2.23. The molecule has 0 spiro atoms. The predicted octanol–water partition coefficient (Wildman–Crippen LogP) is 0.228. The van der Waals surface area contributed by atoms with Crippen molar-refractivity contribution in [3.8, 4) is 0 Å². The van der Waals surface area contributed by atoms with Crippen LogP contribution in [0.4, 0.5) is 0 Å². The summed E-state index contributed by atoms with van der Waals surface area (Å²) in [4.78, 5) is 20.5. The van der Waals surface area contributed by atoms with Gasteiger partial charge in [0.15, 0.2) is 0 Å². The minimum atomic E-state index is -3.02. The first-order chi connectivity index (χ1) is 11.1. The number of nitrogens with zero attached hydrogens (tertiary/aromatic N) is 2. The van der Waals surface area contributed by atoms with E-state index < -0.39 is 22.0 Å². The molecule has 9 heteroatoms. The van der Waals surface area contributed by atoms with Gasteiger partial charge in [0, 0.05) is 32.7 Å². The van der Waals surface area contributed by atoms with Crippen LogP contribution in [0.15, 0.2) is 24.3 Å². The number of piperazine rings is 1. The highest BCUT2D eigenvalue weighted by molar-refractivity contribution is 7.88. The summed E-state index contributed by atoms with van der Waals surface area (Å²) >= 11 is 0. The van der Waals surface area contributed by atoms with Gasteiger partial charge in [0.05, 0.1) is 6.26 Å². The second-order valence-corrected chi connectivity index (χ2v) is 7.52. The number of hydrogen-bond donors (Lipinski definition) is 2. The van der Waals surface area contributed by atoms with Crippen molar-refractivity contribution < 1.29 is 28.2 Å². The number of carbonyl (C=O) groups is 2. The van der Waals surface area contributed by atoms with Gasteiger partial charge in [0.2, 0.25) is 10.0 Å². The summed E-state index contributed by atoms with van der Waals surface area (Å²) in [7, 11) is -3.02. The van der Waals surface area contributed by atoms with Gasteiger partial charge in [-0.05, 0) is 12.5 Å². The van der Waals surface area contributed by atoms with Gasteiger partial charge in [-0.15, -0.1) is 0 Å². The summed E-state index contributed by atoms with van der Waals surface area (Å²) in [6, 6.07) is 8.50. The highest BCUT2D eigenvalue weighted by atomic mass is 32.2. The van der Waals surface area contributed by atoms with Crippen molar-refractivity contribution in [3.05, 3.63) is 35.4 Å². The van der Waals surface area contributed by atoms with E-state index in [2.05, 4.69) is 36.1 Å². The third kappa shape index (κ3) is 7.07. The molecular formula is C15H22N2O6S. The average molecular weight is 358 g/mol. The molecule has 1 fully saturated rings. The number of rotatable bonds is 3. The molecule has 1 aliphatic rings. The smallest absolute Gasteiger partial charge is 0.414 e. The molecule has 1 aromatic carbocycles. The summed E-state index contributed by atoms with van der Waals surface area (Å²) in [6.07, 6.45) is 1.28. The van der Waals surface area contributed by atoms with Crippen LogP contribution in [0.3, 0.4) is 0 Å². The molecule has 24 heavy (non-hydrogen) atoms. The summed E-state index contributed by atoms with van der Waals surface area (Å²) in [5.41, 5.74) is 2.55. The fourth-order valence-corrected chi connectivity index (χ4v) is 3.00. The Bertz CT molecular complexity index is 652. The van der Waals surface area contributed by atoms with Crippen LogP contribution >= 0.6 is 0 Å². The maximum Gasteiger partial charge on any atom is 0.414 e. The van der Waals surface area contributed by atoms with Crippen LogP contribution in [0, 0.1) is 6.92 Å². The Morgan fingerprint density at radius 3 is 1.83 bits per heavy atom. The Morgan fingerprint density at radius 1 is 1.00 bits per heavy atom. The number of aliphatic carboxylic acids is 2. The minimum absolute atomic E-state index is 0.602. The number of hydrogen-bond acceptors (Lipinski definition) is 5. The van der Waals surface area contributed by atoms with Crippen LogP contribution < -0.4 is 0 Å². The standard InChI is InChI=1S/C13H20N2O2S.C2H2O4/c1-12-3-5-13(6-4-12)11-14-7-9-15(10-8-14)18(2,16)17;3-1(4)2(5)6/h3-6H,7-11H2,1-2H3;(H,3,4)(H,5,6). The van der Waals surface area contributed by atoms with Crippen LogP contribution in [-0.4, -0.2) is 72.2 Å². The molecule has 0 unspecified atom stereocenters. The Hall–Kier alpha value is -1.97. The number of sulfonamides is 1. The second kappa shape index (κ2) is 8.76. The first-order valence-electron chi connectivity index (χ1n) is 7.29. The molecule has 1 aromatic rings. The number of carboxylic acids is 2.